The van der Waals surface area contributed by atoms with Gasteiger partial charge in [0.25, 0.3) is 5.56 Å². The highest BCUT2D eigenvalue weighted by atomic mass is 35.5. The normalized spacial score (nSPS) is 18.1. The average molecular weight is 597 g/mol. The fourth-order valence-electron chi connectivity index (χ4n) is 5.55. The van der Waals surface area contributed by atoms with Crippen molar-refractivity contribution in [3.63, 3.8) is 0 Å². The number of rotatable bonds is 5. The number of aromatic nitrogens is 5. The molecule has 0 fully saturated rings. The van der Waals surface area contributed by atoms with Crippen LogP contribution in [0.5, 0.6) is 5.75 Å². The Morgan fingerprint density at radius 1 is 1.17 bits per heavy atom. The minimum absolute atomic E-state index is 0.0266. The van der Waals surface area contributed by atoms with E-state index in [4.69, 9.17) is 19.1 Å². The minimum Gasteiger partial charge on any atom is -0.482 e. The van der Waals surface area contributed by atoms with E-state index in [9.17, 15) is 14.0 Å². The van der Waals surface area contributed by atoms with Crippen LogP contribution < -0.4 is 15.6 Å². The summed E-state index contributed by atoms with van der Waals surface area (Å²) >= 11 is 6.62. The lowest BCUT2D eigenvalue weighted by atomic mass is 10.0. The van der Waals surface area contributed by atoms with Crippen molar-refractivity contribution in [2.24, 2.45) is 0 Å². The van der Waals surface area contributed by atoms with Gasteiger partial charge in [0.15, 0.2) is 11.6 Å². The third-order valence-electron chi connectivity index (χ3n) is 7.43. The molecule has 1 N–H and O–H groups in total. The van der Waals surface area contributed by atoms with E-state index in [1.54, 1.807) is 32.2 Å². The molecule has 1 aliphatic heterocycles. The molecule has 0 radical (unpaired) electrons. The van der Waals surface area contributed by atoms with E-state index in [0.29, 0.717) is 24.2 Å². The van der Waals surface area contributed by atoms with E-state index < -0.39 is 35.2 Å². The average Bonchev–Trinajstić information content (AvgIpc) is 3.44. The van der Waals surface area contributed by atoms with E-state index in [1.807, 2.05) is 0 Å². The molecule has 2 aliphatic rings. The molecule has 0 saturated heterocycles. The Labute approximate surface area is 248 Å². The highest BCUT2D eigenvalue weighted by molar-refractivity contribution is 6.31. The molecule has 12 heteroatoms. The van der Waals surface area contributed by atoms with Crippen LogP contribution in [0.3, 0.4) is 0 Å². The maximum atomic E-state index is 15.0. The first-order chi connectivity index (χ1) is 20.7. The predicted octanol–water partition coefficient (Wildman–Crippen LogP) is 5.06. The number of fused-ring (bicyclic) bond motifs is 4. The molecule has 6 rings (SSSR count). The number of pyridine rings is 3. The summed E-state index contributed by atoms with van der Waals surface area (Å²) in [5, 5.41) is 6.85. The van der Waals surface area contributed by atoms with Crippen molar-refractivity contribution in [2.75, 3.05) is 0 Å². The number of ether oxygens (including phenoxy) is 1. The van der Waals surface area contributed by atoms with Crippen molar-refractivity contribution in [3.05, 3.63) is 92.0 Å². The van der Waals surface area contributed by atoms with Gasteiger partial charge in [-0.15, -0.1) is 0 Å². The second kappa shape index (κ2) is 10.6. The van der Waals surface area contributed by atoms with Gasteiger partial charge in [-0.2, -0.15) is 5.10 Å². The number of amides is 1. The van der Waals surface area contributed by atoms with Crippen LogP contribution in [0.25, 0.3) is 11.5 Å². The lowest BCUT2D eigenvalue weighted by molar-refractivity contribution is -0.120. The second-order valence-electron chi connectivity index (χ2n) is 11.0. The zero-order valence-electron chi connectivity index (χ0n) is 25.2. The zero-order chi connectivity index (χ0) is 31.6. The van der Waals surface area contributed by atoms with Crippen molar-refractivity contribution in [1.29, 1.82) is 0 Å². The van der Waals surface area contributed by atoms with Crippen LogP contribution in [-0.4, -0.2) is 30.2 Å². The highest BCUT2D eigenvalue weighted by Crippen LogP contribution is 2.37. The molecular weight excluding hydrogens is 566 g/mol. The summed E-state index contributed by atoms with van der Waals surface area (Å²) in [6.07, 6.45) is 3.70. The number of nitrogens with zero attached hydrogens (tertiary/aromatic N) is 5. The summed E-state index contributed by atoms with van der Waals surface area (Å²) in [5.74, 6) is -1.28. The number of halogens is 3. The Hall–Kier alpha value is -4.12. The molecule has 0 saturated carbocycles. The van der Waals surface area contributed by atoms with Crippen molar-refractivity contribution in [1.82, 2.24) is 29.6 Å². The largest absolute Gasteiger partial charge is 0.482 e. The van der Waals surface area contributed by atoms with E-state index in [-0.39, 0.29) is 45.9 Å². The summed E-state index contributed by atoms with van der Waals surface area (Å²) < 4.78 is 54.4. The molecule has 0 aromatic carbocycles. The Bertz CT molecular complexity index is 1880. The van der Waals surface area contributed by atoms with E-state index in [1.165, 1.54) is 22.4 Å². The highest BCUT2D eigenvalue weighted by Gasteiger charge is 2.31. The molecule has 218 valence electrons. The summed E-state index contributed by atoms with van der Waals surface area (Å²) in [5.41, 5.74) is 0.674. The van der Waals surface area contributed by atoms with Gasteiger partial charge in [-0.25, -0.2) is 18.4 Å². The van der Waals surface area contributed by atoms with Gasteiger partial charge in [-0.3, -0.25) is 19.1 Å². The molecule has 5 heterocycles. The molecule has 4 aromatic heterocycles. The minimum atomic E-state index is -1.87. The standard InChI is InChI=1S/C30H29ClF2N6O3/c1-16(40)36-30(2,3)28-21(33)15-38(37-28)25-12-22-18(13-34-25)6-4-5-7-20-11-24(26(31)29(41)39(20)22)42-23-9-8-17-10-19(32)14-35-27(17)23/h10-15,23H,4-9H2,1-3H3,(H,36,40)/i8D2. The lowest BCUT2D eigenvalue weighted by Crippen LogP contribution is -2.40. The van der Waals surface area contributed by atoms with Gasteiger partial charge >= 0.3 is 0 Å². The lowest BCUT2D eigenvalue weighted by Gasteiger charge is -2.23. The van der Waals surface area contributed by atoms with Gasteiger partial charge in [0.1, 0.15) is 28.4 Å². The molecule has 9 nitrogen and oxygen atoms in total. The van der Waals surface area contributed by atoms with Crippen molar-refractivity contribution < 1.29 is 21.1 Å². The van der Waals surface area contributed by atoms with Gasteiger partial charge in [0, 0.05) is 33.7 Å². The van der Waals surface area contributed by atoms with Gasteiger partial charge in [-0.05, 0) is 69.5 Å². The van der Waals surface area contributed by atoms with Crippen molar-refractivity contribution >= 4 is 17.5 Å². The summed E-state index contributed by atoms with van der Waals surface area (Å²) in [6, 6.07) is 4.42. The summed E-state index contributed by atoms with van der Waals surface area (Å²) in [7, 11) is 0. The van der Waals surface area contributed by atoms with Crippen LogP contribution >= 0.6 is 11.6 Å². The first-order valence-corrected chi connectivity index (χ1v) is 13.9. The maximum Gasteiger partial charge on any atom is 0.277 e. The predicted molar refractivity (Wildman–Crippen MR) is 151 cm³/mol. The number of nitrogens with one attached hydrogen (secondary N) is 1. The molecule has 1 atom stereocenters. The van der Waals surface area contributed by atoms with Gasteiger partial charge in [0.05, 0.1) is 29.3 Å². The molecule has 42 heavy (non-hydrogen) atoms. The van der Waals surface area contributed by atoms with Crippen LogP contribution in [0.4, 0.5) is 8.78 Å². The van der Waals surface area contributed by atoms with Gasteiger partial charge in [0.2, 0.25) is 5.91 Å². The van der Waals surface area contributed by atoms with Crippen molar-refractivity contribution in [2.45, 2.75) is 70.9 Å². The van der Waals surface area contributed by atoms with E-state index in [0.717, 1.165) is 30.7 Å². The zero-order valence-corrected chi connectivity index (χ0v) is 23.9. The smallest absolute Gasteiger partial charge is 0.277 e. The van der Waals surface area contributed by atoms with E-state index >= 15 is 4.39 Å². The fourth-order valence-corrected chi connectivity index (χ4v) is 5.73. The number of carbonyl (C=O) groups excluding carboxylic acids is 1. The second-order valence-corrected chi connectivity index (χ2v) is 11.4. The Kier molecular flexibility index (Phi) is 6.46. The first-order valence-electron chi connectivity index (χ1n) is 14.6. The Morgan fingerprint density at radius 3 is 2.74 bits per heavy atom. The molecule has 1 amide bonds. The Balaban J connectivity index is 1.41. The third kappa shape index (κ3) is 5.06. The SMILES string of the molecule is [2H]C1([2H])CC(Oc2cc3n(c(=O)c2Cl)-c2cc(-n4cc(F)c(C(C)(C)NC(C)=O)n4)ncc2CCCC3)c2ncc(F)cc21. The van der Waals surface area contributed by atoms with Crippen LogP contribution in [0.1, 0.15) is 77.1 Å². The molecule has 0 spiro atoms. The van der Waals surface area contributed by atoms with Crippen LogP contribution in [-0.2, 0) is 29.5 Å². The quantitative estimate of drug-likeness (QED) is 0.345. The first kappa shape index (κ1) is 25.6. The van der Waals surface area contributed by atoms with Gasteiger partial charge < -0.3 is 10.1 Å². The topological polar surface area (TPSA) is 104 Å². The monoisotopic (exact) mass is 596 g/mol. The Morgan fingerprint density at radius 2 is 1.95 bits per heavy atom. The molecule has 1 aliphatic carbocycles. The fraction of sp³-hybridized carbons (Fsp3) is 0.367. The van der Waals surface area contributed by atoms with Crippen LogP contribution in [0.15, 0.2) is 41.6 Å². The van der Waals surface area contributed by atoms with Crippen LogP contribution in [0.2, 0.25) is 5.02 Å². The summed E-state index contributed by atoms with van der Waals surface area (Å²) in [6.45, 7) is 4.62. The number of hydrogen-bond donors (Lipinski definition) is 1. The van der Waals surface area contributed by atoms with Crippen LogP contribution in [0, 0.1) is 11.6 Å². The number of aryl methyl sites for hydroxylation is 3. The van der Waals surface area contributed by atoms with E-state index in [2.05, 4.69) is 20.4 Å². The molecular formula is C30H29ClF2N6O3. The summed E-state index contributed by atoms with van der Waals surface area (Å²) in [4.78, 5) is 34.1. The third-order valence-corrected chi connectivity index (χ3v) is 7.78. The van der Waals surface area contributed by atoms with Gasteiger partial charge in [-0.1, -0.05) is 11.6 Å². The molecule has 1 unspecified atom stereocenters. The molecule has 4 aromatic rings. The number of hydrogen-bond acceptors (Lipinski definition) is 6. The maximum absolute atomic E-state index is 15.0. The number of carbonyl (C=O) groups is 1. The molecule has 0 bridgehead atoms. The van der Waals surface area contributed by atoms with Crippen molar-refractivity contribution in [3.8, 4) is 17.3 Å².